The minimum absolute atomic E-state index is 0.0613. The topological polar surface area (TPSA) is 53.8 Å². The van der Waals surface area contributed by atoms with E-state index in [4.69, 9.17) is 4.99 Å². The smallest absolute Gasteiger partial charge is 0.289 e. The number of allylic oxidation sites excluding steroid dienone is 7. The first-order valence-electron chi connectivity index (χ1n) is 8.43. The van der Waals surface area contributed by atoms with Crippen molar-refractivity contribution in [2.75, 3.05) is 7.05 Å². The van der Waals surface area contributed by atoms with E-state index < -0.39 is 0 Å². The zero-order valence-electron chi connectivity index (χ0n) is 14.8. The normalized spacial score (nSPS) is 25.7. The van der Waals surface area contributed by atoms with Gasteiger partial charge in [-0.15, -0.1) is 0 Å². The SMILES string of the molecule is C/C=C1C=C(/C=C2\SC(=O)NC2=NC(CC)CCC)C=CC/1=NC. The number of hydrogen-bond donors (Lipinski definition) is 1. The maximum atomic E-state index is 11.8. The van der Waals surface area contributed by atoms with E-state index in [2.05, 4.69) is 30.2 Å². The maximum Gasteiger partial charge on any atom is 0.289 e. The molecule has 0 spiro atoms. The first-order valence-corrected chi connectivity index (χ1v) is 9.24. The van der Waals surface area contributed by atoms with Crippen LogP contribution in [0.5, 0.6) is 0 Å². The molecule has 2 aliphatic rings. The molecule has 0 bridgehead atoms. The number of nitrogens with zero attached hydrogens (tertiary/aromatic N) is 2. The number of thioether (sulfide) groups is 1. The Balaban J connectivity index is 2.30. The summed E-state index contributed by atoms with van der Waals surface area (Å²) in [5.74, 6) is 0.705. The van der Waals surface area contributed by atoms with Crippen LogP contribution in [0.25, 0.3) is 0 Å². The highest BCUT2D eigenvalue weighted by Gasteiger charge is 2.24. The molecule has 1 N–H and O–H groups in total. The molecule has 1 aliphatic heterocycles. The molecule has 0 aromatic heterocycles. The van der Waals surface area contributed by atoms with Crippen molar-refractivity contribution in [1.82, 2.24) is 5.32 Å². The number of nitrogens with one attached hydrogen (secondary N) is 1. The molecule has 1 atom stereocenters. The molecule has 5 heteroatoms. The third-order valence-electron chi connectivity index (χ3n) is 3.96. The largest absolute Gasteiger partial charge is 0.300 e. The Hall–Kier alpha value is -1.88. The van der Waals surface area contributed by atoms with Crippen LogP contribution in [0.2, 0.25) is 0 Å². The van der Waals surface area contributed by atoms with Gasteiger partial charge in [-0.2, -0.15) is 0 Å². The molecule has 24 heavy (non-hydrogen) atoms. The zero-order valence-corrected chi connectivity index (χ0v) is 15.6. The van der Waals surface area contributed by atoms with Gasteiger partial charge in [0.05, 0.1) is 16.7 Å². The van der Waals surface area contributed by atoms with Crippen LogP contribution in [0.4, 0.5) is 4.79 Å². The monoisotopic (exact) mass is 343 g/mol. The van der Waals surface area contributed by atoms with Crippen molar-refractivity contribution < 1.29 is 4.79 Å². The van der Waals surface area contributed by atoms with Gasteiger partial charge in [-0.05, 0) is 60.9 Å². The fourth-order valence-corrected chi connectivity index (χ4v) is 3.39. The van der Waals surface area contributed by atoms with Crippen LogP contribution in [0.15, 0.2) is 56.4 Å². The molecule has 0 aromatic carbocycles. The molecule has 0 saturated carbocycles. The van der Waals surface area contributed by atoms with Gasteiger partial charge in [-0.3, -0.25) is 14.8 Å². The van der Waals surface area contributed by atoms with Crippen LogP contribution in [0.1, 0.15) is 40.0 Å². The molecule has 1 aliphatic carbocycles. The van der Waals surface area contributed by atoms with Gasteiger partial charge in [-0.1, -0.05) is 32.4 Å². The van der Waals surface area contributed by atoms with Gasteiger partial charge in [-0.25, -0.2) is 0 Å². The molecular weight excluding hydrogens is 318 g/mol. The van der Waals surface area contributed by atoms with Gasteiger partial charge in [0.1, 0.15) is 5.84 Å². The van der Waals surface area contributed by atoms with Crippen LogP contribution < -0.4 is 5.32 Å². The summed E-state index contributed by atoms with van der Waals surface area (Å²) >= 11 is 1.21. The van der Waals surface area contributed by atoms with Crippen molar-refractivity contribution in [3.8, 4) is 0 Å². The van der Waals surface area contributed by atoms with E-state index in [1.807, 2.05) is 31.2 Å². The lowest BCUT2D eigenvalue weighted by Gasteiger charge is -2.11. The number of carbonyl (C=O) groups is 1. The summed E-state index contributed by atoms with van der Waals surface area (Å²) in [5, 5.41) is 2.82. The van der Waals surface area contributed by atoms with Gasteiger partial charge in [0, 0.05) is 7.05 Å². The average molecular weight is 343 g/mol. The van der Waals surface area contributed by atoms with E-state index in [0.29, 0.717) is 5.84 Å². The second-order valence-corrected chi connectivity index (χ2v) is 6.70. The first kappa shape index (κ1) is 18.5. The lowest BCUT2D eigenvalue weighted by molar-refractivity contribution is 0.265. The van der Waals surface area contributed by atoms with Gasteiger partial charge >= 0.3 is 0 Å². The number of amides is 1. The summed E-state index contributed by atoms with van der Waals surface area (Å²) in [6, 6.07) is 0.258. The van der Waals surface area contributed by atoms with Gasteiger partial charge in [0.25, 0.3) is 5.24 Å². The lowest BCUT2D eigenvalue weighted by Crippen LogP contribution is -2.21. The van der Waals surface area contributed by atoms with Crippen molar-refractivity contribution in [3.05, 3.63) is 46.4 Å². The van der Waals surface area contributed by atoms with Gasteiger partial charge < -0.3 is 5.32 Å². The number of rotatable bonds is 5. The molecule has 128 valence electrons. The second-order valence-electron chi connectivity index (χ2n) is 5.68. The average Bonchev–Trinajstić information content (AvgIpc) is 2.93. The van der Waals surface area contributed by atoms with Crippen LogP contribution in [-0.2, 0) is 0 Å². The van der Waals surface area contributed by atoms with Crippen molar-refractivity contribution >= 4 is 28.5 Å². The summed E-state index contributed by atoms with van der Waals surface area (Å²) in [6.45, 7) is 6.29. The molecule has 2 rings (SSSR count). The predicted molar refractivity (Wildman–Crippen MR) is 105 cm³/mol. The zero-order chi connectivity index (χ0) is 17.5. The number of hydrogen-bond acceptors (Lipinski definition) is 4. The van der Waals surface area contributed by atoms with Crippen LogP contribution in [0.3, 0.4) is 0 Å². The Labute approximate surface area is 148 Å². The standard InChI is InChI=1S/C19H25N3OS/c1-5-8-15(7-3)21-18-17(24-19(23)22-18)12-13-9-10-16(20-4)14(6-2)11-13/h6,9-12,15H,5,7-8H2,1-4H3,(H,21,22,23)/b14-6-,17-12-,20-16?. The van der Waals surface area contributed by atoms with E-state index in [1.54, 1.807) is 7.05 Å². The van der Waals surface area contributed by atoms with E-state index in [-0.39, 0.29) is 11.3 Å². The number of carbonyl (C=O) groups excluding carboxylic acids is 1. The maximum absolute atomic E-state index is 11.8. The van der Waals surface area contributed by atoms with E-state index in [1.165, 1.54) is 11.8 Å². The molecule has 1 fully saturated rings. The van der Waals surface area contributed by atoms with Gasteiger partial charge in [0.15, 0.2) is 0 Å². The lowest BCUT2D eigenvalue weighted by atomic mass is 9.99. The summed E-state index contributed by atoms with van der Waals surface area (Å²) in [6.07, 6.45) is 13.3. The Morgan fingerprint density at radius 3 is 2.75 bits per heavy atom. The molecule has 0 radical (unpaired) electrons. The third kappa shape index (κ3) is 4.57. The number of aliphatic imine (C=N–C) groups is 2. The molecule has 1 heterocycles. The van der Waals surface area contributed by atoms with E-state index in [0.717, 1.165) is 41.0 Å². The highest BCUT2D eigenvalue weighted by Crippen LogP contribution is 2.28. The molecule has 4 nitrogen and oxygen atoms in total. The number of amidine groups is 1. The summed E-state index contributed by atoms with van der Waals surface area (Å²) in [7, 11) is 1.79. The minimum atomic E-state index is -0.0613. The fraction of sp³-hybridized carbons (Fsp3) is 0.421. The first-order chi connectivity index (χ1) is 11.6. The summed E-state index contributed by atoms with van der Waals surface area (Å²) in [4.78, 5) is 21.7. The van der Waals surface area contributed by atoms with Crippen LogP contribution >= 0.6 is 11.8 Å². The van der Waals surface area contributed by atoms with Crippen LogP contribution in [-0.4, -0.2) is 29.9 Å². The highest BCUT2D eigenvalue weighted by atomic mass is 32.2. The third-order valence-corrected chi connectivity index (χ3v) is 4.78. The van der Waals surface area contributed by atoms with E-state index >= 15 is 0 Å². The van der Waals surface area contributed by atoms with Gasteiger partial charge in [0.2, 0.25) is 0 Å². The van der Waals surface area contributed by atoms with Crippen molar-refractivity contribution in [1.29, 1.82) is 0 Å². The predicted octanol–water partition coefficient (Wildman–Crippen LogP) is 4.82. The Morgan fingerprint density at radius 2 is 2.12 bits per heavy atom. The Kier molecular flexibility index (Phi) is 6.79. The molecule has 0 aromatic rings. The van der Waals surface area contributed by atoms with Crippen molar-refractivity contribution in [2.45, 2.75) is 46.1 Å². The van der Waals surface area contributed by atoms with E-state index in [9.17, 15) is 4.79 Å². The second kappa shape index (κ2) is 8.83. The van der Waals surface area contributed by atoms with Crippen molar-refractivity contribution in [3.63, 3.8) is 0 Å². The van der Waals surface area contributed by atoms with Crippen molar-refractivity contribution in [2.24, 2.45) is 9.98 Å². The highest BCUT2D eigenvalue weighted by molar-refractivity contribution is 8.18. The summed E-state index contributed by atoms with van der Waals surface area (Å²) in [5.41, 5.74) is 3.10. The fourth-order valence-electron chi connectivity index (χ4n) is 2.65. The summed E-state index contributed by atoms with van der Waals surface area (Å²) < 4.78 is 0. The molecule has 1 amide bonds. The molecule has 1 saturated heterocycles. The Morgan fingerprint density at radius 1 is 1.33 bits per heavy atom. The van der Waals surface area contributed by atoms with Crippen LogP contribution in [0, 0.1) is 0 Å². The molecular formula is C19H25N3OS. The quantitative estimate of drug-likeness (QED) is 0.778. The molecule has 1 unspecified atom stereocenters. The minimum Gasteiger partial charge on any atom is -0.300 e. The Bertz CT molecular complexity index is 681.